The Hall–Kier alpha value is -1.36. The third-order valence-corrected chi connectivity index (χ3v) is 4.05. The Kier molecular flexibility index (Phi) is 3.09. The van der Waals surface area contributed by atoms with Crippen LogP contribution in [0.1, 0.15) is 36.7 Å². The highest BCUT2D eigenvalue weighted by molar-refractivity contribution is 7.09. The van der Waals surface area contributed by atoms with Crippen LogP contribution in [-0.4, -0.2) is 14.5 Å². The maximum absolute atomic E-state index is 4.39. The smallest absolute Gasteiger partial charge is 0.203 e. The lowest BCUT2D eigenvalue weighted by Crippen LogP contribution is -2.10. The summed E-state index contributed by atoms with van der Waals surface area (Å²) < 4.78 is 2.28. The first kappa shape index (κ1) is 10.8. The molecule has 90 valence electrons. The second-order valence-electron chi connectivity index (χ2n) is 4.38. The molecule has 0 aromatic carbocycles. The average Bonchev–Trinajstić information content (AvgIpc) is 3.09. The molecule has 0 spiro atoms. The highest BCUT2D eigenvalue weighted by atomic mass is 32.1. The molecule has 2 heterocycles. The van der Waals surface area contributed by atoms with E-state index in [1.807, 2.05) is 17.8 Å². The molecule has 3 rings (SSSR count). The van der Waals surface area contributed by atoms with Crippen LogP contribution in [0, 0.1) is 0 Å². The monoisotopic (exact) mass is 248 g/mol. The van der Waals surface area contributed by atoms with E-state index in [1.165, 1.54) is 25.7 Å². The van der Waals surface area contributed by atoms with Crippen LogP contribution in [0.3, 0.4) is 0 Å². The number of anilines is 1. The van der Waals surface area contributed by atoms with Crippen molar-refractivity contribution in [2.24, 2.45) is 0 Å². The highest BCUT2D eigenvalue weighted by Crippen LogP contribution is 2.31. The number of nitrogens with zero attached hydrogens (tertiary/aromatic N) is 3. The predicted molar refractivity (Wildman–Crippen MR) is 69.2 cm³/mol. The Labute approximate surface area is 105 Å². The molecule has 1 aliphatic rings. The minimum atomic E-state index is 0.635. The van der Waals surface area contributed by atoms with Crippen LogP contribution < -0.4 is 5.32 Å². The number of hydrogen-bond acceptors (Lipinski definition) is 4. The Morgan fingerprint density at radius 3 is 2.94 bits per heavy atom. The third-order valence-electron chi connectivity index (χ3n) is 3.27. The predicted octanol–water partition coefficient (Wildman–Crippen LogP) is 3.07. The van der Waals surface area contributed by atoms with Crippen molar-refractivity contribution < 1.29 is 0 Å². The zero-order valence-corrected chi connectivity index (χ0v) is 10.5. The molecular weight excluding hydrogens is 232 g/mol. The molecule has 0 radical (unpaired) electrons. The second-order valence-corrected chi connectivity index (χ2v) is 5.35. The van der Waals surface area contributed by atoms with Gasteiger partial charge in [0.15, 0.2) is 0 Å². The van der Waals surface area contributed by atoms with E-state index in [4.69, 9.17) is 0 Å². The average molecular weight is 248 g/mol. The minimum Gasteiger partial charge on any atom is -0.349 e. The Morgan fingerprint density at radius 1 is 1.29 bits per heavy atom. The number of rotatable bonds is 4. The molecule has 0 amide bonds. The van der Waals surface area contributed by atoms with E-state index in [9.17, 15) is 0 Å². The van der Waals surface area contributed by atoms with Gasteiger partial charge in [0, 0.05) is 30.0 Å². The van der Waals surface area contributed by atoms with Crippen LogP contribution in [0.25, 0.3) is 0 Å². The third kappa shape index (κ3) is 2.34. The van der Waals surface area contributed by atoms with Crippen LogP contribution in [0.4, 0.5) is 5.95 Å². The molecule has 1 saturated carbocycles. The molecular formula is C12H16N4S. The summed E-state index contributed by atoms with van der Waals surface area (Å²) in [4.78, 5) is 8.65. The molecule has 4 nitrogen and oxygen atoms in total. The molecule has 0 unspecified atom stereocenters. The zero-order valence-electron chi connectivity index (χ0n) is 9.67. The van der Waals surface area contributed by atoms with Gasteiger partial charge in [-0.3, -0.25) is 0 Å². The number of thiazole rings is 1. The molecule has 0 atom stereocenters. The number of aromatic nitrogens is 3. The van der Waals surface area contributed by atoms with E-state index in [1.54, 1.807) is 11.3 Å². The summed E-state index contributed by atoms with van der Waals surface area (Å²) in [6.45, 7) is 0.765. The van der Waals surface area contributed by atoms with Crippen molar-refractivity contribution in [2.75, 3.05) is 5.32 Å². The van der Waals surface area contributed by atoms with Crippen LogP contribution in [0.5, 0.6) is 0 Å². The molecule has 17 heavy (non-hydrogen) atoms. The van der Waals surface area contributed by atoms with Crippen molar-refractivity contribution >= 4 is 17.3 Å². The normalized spacial score (nSPS) is 16.5. The van der Waals surface area contributed by atoms with Gasteiger partial charge < -0.3 is 9.88 Å². The van der Waals surface area contributed by atoms with E-state index >= 15 is 0 Å². The van der Waals surface area contributed by atoms with Gasteiger partial charge in [-0.25, -0.2) is 9.97 Å². The van der Waals surface area contributed by atoms with E-state index in [-0.39, 0.29) is 0 Å². The van der Waals surface area contributed by atoms with E-state index in [0.717, 1.165) is 17.5 Å². The summed E-state index contributed by atoms with van der Waals surface area (Å²) in [6, 6.07) is 0.635. The van der Waals surface area contributed by atoms with Gasteiger partial charge in [-0.05, 0) is 12.8 Å². The van der Waals surface area contributed by atoms with Crippen molar-refractivity contribution in [1.29, 1.82) is 0 Å². The minimum absolute atomic E-state index is 0.635. The van der Waals surface area contributed by atoms with Crippen LogP contribution in [-0.2, 0) is 6.54 Å². The molecule has 1 fully saturated rings. The summed E-state index contributed by atoms with van der Waals surface area (Å²) in [6.07, 6.45) is 11.0. The topological polar surface area (TPSA) is 42.7 Å². The lowest BCUT2D eigenvalue weighted by Gasteiger charge is -2.15. The molecule has 0 aliphatic heterocycles. The molecule has 2 aromatic heterocycles. The van der Waals surface area contributed by atoms with Gasteiger partial charge in [0.05, 0.1) is 6.54 Å². The molecule has 0 saturated heterocycles. The highest BCUT2D eigenvalue weighted by Gasteiger charge is 2.18. The fourth-order valence-corrected chi connectivity index (χ4v) is 2.98. The number of imidazole rings is 1. The van der Waals surface area contributed by atoms with Gasteiger partial charge >= 0.3 is 0 Å². The molecule has 5 heteroatoms. The van der Waals surface area contributed by atoms with E-state index in [2.05, 4.69) is 26.0 Å². The zero-order chi connectivity index (χ0) is 11.5. The quantitative estimate of drug-likeness (QED) is 0.904. The SMILES string of the molecule is c1csc(CNc2nccn2C2CCCC2)n1. The van der Waals surface area contributed by atoms with Gasteiger partial charge in [-0.1, -0.05) is 12.8 Å². The fourth-order valence-electron chi connectivity index (χ4n) is 2.42. The summed E-state index contributed by atoms with van der Waals surface area (Å²) in [5, 5.41) is 6.48. The van der Waals surface area contributed by atoms with Gasteiger partial charge in [0.2, 0.25) is 5.95 Å². The summed E-state index contributed by atoms with van der Waals surface area (Å²) in [5.41, 5.74) is 0. The van der Waals surface area contributed by atoms with Crippen molar-refractivity contribution in [3.63, 3.8) is 0 Å². The first-order valence-electron chi connectivity index (χ1n) is 6.08. The lowest BCUT2D eigenvalue weighted by molar-refractivity contribution is 0.523. The Balaban J connectivity index is 1.68. The summed E-state index contributed by atoms with van der Waals surface area (Å²) in [7, 11) is 0. The number of nitrogens with one attached hydrogen (secondary N) is 1. The lowest BCUT2D eigenvalue weighted by atomic mass is 10.2. The van der Waals surface area contributed by atoms with Crippen LogP contribution in [0.15, 0.2) is 24.0 Å². The van der Waals surface area contributed by atoms with Crippen molar-refractivity contribution in [1.82, 2.24) is 14.5 Å². The number of hydrogen-bond donors (Lipinski definition) is 1. The van der Waals surface area contributed by atoms with Crippen molar-refractivity contribution in [3.8, 4) is 0 Å². The molecule has 0 bridgehead atoms. The van der Waals surface area contributed by atoms with Crippen LogP contribution >= 0.6 is 11.3 Å². The summed E-state index contributed by atoms with van der Waals surface area (Å²) in [5.74, 6) is 0.979. The fraction of sp³-hybridized carbons (Fsp3) is 0.500. The maximum atomic E-state index is 4.39. The Morgan fingerprint density at radius 2 is 2.18 bits per heavy atom. The van der Waals surface area contributed by atoms with Gasteiger partial charge in [0.25, 0.3) is 0 Å². The van der Waals surface area contributed by atoms with Gasteiger partial charge in [0.1, 0.15) is 5.01 Å². The molecule has 1 N–H and O–H groups in total. The summed E-state index contributed by atoms with van der Waals surface area (Å²) >= 11 is 1.67. The van der Waals surface area contributed by atoms with Crippen molar-refractivity contribution in [2.45, 2.75) is 38.3 Å². The largest absolute Gasteiger partial charge is 0.349 e. The second kappa shape index (κ2) is 4.87. The van der Waals surface area contributed by atoms with Gasteiger partial charge in [-0.15, -0.1) is 11.3 Å². The molecule has 2 aromatic rings. The standard InChI is InChI=1S/C12H16N4S/c1-2-4-10(3-1)16-7-5-14-12(16)15-9-11-13-6-8-17-11/h5-8,10H,1-4,9H2,(H,14,15). The Bertz CT molecular complexity index is 457. The van der Waals surface area contributed by atoms with Crippen molar-refractivity contribution in [3.05, 3.63) is 29.0 Å². The first-order chi connectivity index (χ1) is 8.43. The molecule has 1 aliphatic carbocycles. The van der Waals surface area contributed by atoms with Crippen LogP contribution in [0.2, 0.25) is 0 Å². The van der Waals surface area contributed by atoms with Gasteiger partial charge in [-0.2, -0.15) is 0 Å². The first-order valence-corrected chi connectivity index (χ1v) is 6.96. The van der Waals surface area contributed by atoms with E-state index in [0.29, 0.717) is 6.04 Å². The van der Waals surface area contributed by atoms with E-state index < -0.39 is 0 Å². The maximum Gasteiger partial charge on any atom is 0.203 e.